The largest absolute Gasteiger partial charge is 0.482 e. The Hall–Kier alpha value is -1.74. The monoisotopic (exact) mass is 349 g/mol. The normalized spacial score (nSPS) is 21.8. The average Bonchev–Trinajstić information content (AvgIpc) is 2.44. The number of nitrogens with zero attached hydrogens (tertiary/aromatic N) is 1. The van der Waals surface area contributed by atoms with E-state index in [0.717, 1.165) is 4.31 Å². The summed E-state index contributed by atoms with van der Waals surface area (Å²) in [5.74, 6) is -3.78. The lowest BCUT2D eigenvalue weighted by Crippen LogP contribution is -2.48. The number of hydrogen-bond acceptors (Lipinski definition) is 4. The molecule has 0 radical (unpaired) electrons. The molecule has 1 aliphatic heterocycles. The Bertz CT molecular complexity index is 675. The van der Waals surface area contributed by atoms with Gasteiger partial charge in [-0.2, -0.15) is 4.31 Å². The van der Waals surface area contributed by atoms with Crippen molar-refractivity contribution in [3.05, 3.63) is 24.3 Å². The summed E-state index contributed by atoms with van der Waals surface area (Å²) >= 11 is 0. The highest BCUT2D eigenvalue weighted by atomic mass is 32.2. The predicted octanol–water partition coefficient (Wildman–Crippen LogP) is 1.96. The summed E-state index contributed by atoms with van der Waals surface area (Å²) < 4.78 is 57.7. The zero-order valence-corrected chi connectivity index (χ0v) is 13.2. The molecule has 1 atom stereocenters. The van der Waals surface area contributed by atoms with Crippen LogP contribution in [0, 0.1) is 0 Å². The van der Waals surface area contributed by atoms with Gasteiger partial charge in [-0.05, 0) is 31.2 Å². The summed E-state index contributed by atoms with van der Waals surface area (Å²) in [6, 6.07) is 4.41. The third-order valence-electron chi connectivity index (χ3n) is 3.58. The average molecular weight is 349 g/mol. The second-order valence-corrected chi connectivity index (χ2v) is 7.32. The topological polar surface area (TPSA) is 83.9 Å². The van der Waals surface area contributed by atoms with Gasteiger partial charge in [-0.1, -0.05) is 0 Å². The molecule has 0 bridgehead atoms. The molecule has 1 N–H and O–H groups in total. The number of carbonyl (C=O) groups is 1. The number of rotatable bonds is 5. The molecule has 1 aromatic carbocycles. The third kappa shape index (κ3) is 4.17. The Morgan fingerprint density at radius 1 is 1.39 bits per heavy atom. The molecular formula is C14H17F2NO5S. The van der Waals surface area contributed by atoms with Gasteiger partial charge in [0.25, 0.3) is 5.92 Å². The van der Waals surface area contributed by atoms with Crippen molar-refractivity contribution >= 4 is 16.0 Å². The molecule has 1 fully saturated rings. The quantitative estimate of drug-likeness (QED) is 0.878. The van der Waals surface area contributed by atoms with Gasteiger partial charge in [0, 0.05) is 25.4 Å². The molecule has 2 rings (SSSR count). The van der Waals surface area contributed by atoms with Crippen LogP contribution in [0.15, 0.2) is 29.2 Å². The van der Waals surface area contributed by atoms with Crippen LogP contribution in [0.5, 0.6) is 5.75 Å². The number of halogens is 2. The van der Waals surface area contributed by atoms with Crippen molar-refractivity contribution in [2.24, 2.45) is 0 Å². The molecule has 6 nitrogen and oxygen atoms in total. The maximum Gasteiger partial charge on any atom is 0.341 e. The summed E-state index contributed by atoms with van der Waals surface area (Å²) in [4.78, 5) is 10.4. The van der Waals surface area contributed by atoms with E-state index in [1.54, 1.807) is 0 Å². The Balaban J connectivity index is 2.15. The van der Waals surface area contributed by atoms with E-state index in [1.165, 1.54) is 31.2 Å². The second kappa shape index (κ2) is 6.40. The standard InChI is InChI=1S/C14H17F2NO5S/c1-10-8-14(15,16)6-7-17(10)23(20,21)12-4-2-11(3-5-12)22-9-13(18)19/h2-5,10H,6-9H2,1H3,(H,18,19). The van der Waals surface area contributed by atoms with Crippen LogP contribution in [-0.4, -0.2) is 48.9 Å². The van der Waals surface area contributed by atoms with E-state index >= 15 is 0 Å². The van der Waals surface area contributed by atoms with E-state index in [1.807, 2.05) is 0 Å². The number of piperidine rings is 1. The molecule has 0 aromatic heterocycles. The molecule has 1 aliphatic rings. The first-order valence-corrected chi connectivity index (χ1v) is 8.40. The maximum absolute atomic E-state index is 13.3. The first kappa shape index (κ1) is 17.6. The molecule has 0 saturated carbocycles. The van der Waals surface area contributed by atoms with Gasteiger partial charge in [0.05, 0.1) is 4.90 Å². The van der Waals surface area contributed by atoms with Crippen LogP contribution < -0.4 is 4.74 Å². The minimum atomic E-state index is -3.88. The molecule has 23 heavy (non-hydrogen) atoms. The van der Waals surface area contributed by atoms with Crippen LogP contribution in [0.25, 0.3) is 0 Å². The number of sulfonamides is 1. The van der Waals surface area contributed by atoms with E-state index in [4.69, 9.17) is 9.84 Å². The zero-order chi connectivity index (χ0) is 17.3. The smallest absolute Gasteiger partial charge is 0.341 e. The Morgan fingerprint density at radius 3 is 2.52 bits per heavy atom. The molecule has 1 saturated heterocycles. The summed E-state index contributed by atoms with van der Waals surface area (Å²) in [5, 5.41) is 8.51. The minimum absolute atomic E-state index is 0.0442. The highest BCUT2D eigenvalue weighted by Gasteiger charge is 2.42. The van der Waals surface area contributed by atoms with Crippen molar-refractivity contribution in [1.82, 2.24) is 4.31 Å². The number of carboxylic acid groups (broad SMARTS) is 1. The lowest BCUT2D eigenvalue weighted by Gasteiger charge is -2.36. The van der Waals surface area contributed by atoms with Crippen molar-refractivity contribution in [3.8, 4) is 5.75 Å². The molecule has 0 amide bonds. The molecule has 1 heterocycles. The number of benzene rings is 1. The van der Waals surface area contributed by atoms with Gasteiger partial charge in [-0.15, -0.1) is 0 Å². The number of ether oxygens (including phenoxy) is 1. The van der Waals surface area contributed by atoms with Gasteiger partial charge in [0.2, 0.25) is 10.0 Å². The summed E-state index contributed by atoms with van der Waals surface area (Å²) in [6.07, 6.45) is -1.01. The van der Waals surface area contributed by atoms with E-state index in [9.17, 15) is 22.0 Å². The molecule has 128 valence electrons. The lowest BCUT2D eigenvalue weighted by atomic mass is 10.0. The van der Waals surface area contributed by atoms with Crippen molar-refractivity contribution in [3.63, 3.8) is 0 Å². The molecule has 1 unspecified atom stereocenters. The Morgan fingerprint density at radius 2 is 2.00 bits per heavy atom. The summed E-state index contributed by atoms with van der Waals surface area (Å²) in [6.45, 7) is 0.674. The number of aliphatic carboxylic acids is 1. The zero-order valence-electron chi connectivity index (χ0n) is 12.4. The Labute approximate surface area is 132 Å². The highest BCUT2D eigenvalue weighted by Crippen LogP contribution is 2.34. The fraction of sp³-hybridized carbons (Fsp3) is 0.500. The summed E-state index contributed by atoms with van der Waals surface area (Å²) in [5.41, 5.74) is 0. The minimum Gasteiger partial charge on any atom is -0.482 e. The van der Waals surface area contributed by atoms with Crippen LogP contribution in [0.4, 0.5) is 8.78 Å². The Kier molecular flexibility index (Phi) is 4.90. The van der Waals surface area contributed by atoms with Gasteiger partial charge in [-0.25, -0.2) is 22.0 Å². The molecule has 1 aromatic rings. The van der Waals surface area contributed by atoms with Gasteiger partial charge in [0.15, 0.2) is 6.61 Å². The lowest BCUT2D eigenvalue weighted by molar-refractivity contribution is -0.139. The first-order chi connectivity index (χ1) is 10.6. The van der Waals surface area contributed by atoms with Gasteiger partial charge < -0.3 is 9.84 Å². The fourth-order valence-electron chi connectivity index (χ4n) is 2.48. The molecule has 9 heteroatoms. The van der Waals surface area contributed by atoms with Crippen molar-refractivity contribution in [2.75, 3.05) is 13.2 Å². The van der Waals surface area contributed by atoms with Gasteiger partial charge >= 0.3 is 5.97 Å². The van der Waals surface area contributed by atoms with Crippen LogP contribution in [0.2, 0.25) is 0 Å². The SMILES string of the molecule is CC1CC(F)(F)CCN1S(=O)(=O)c1ccc(OCC(=O)O)cc1. The second-order valence-electron chi connectivity index (χ2n) is 5.43. The molecule has 0 spiro atoms. The molecular weight excluding hydrogens is 332 g/mol. The van der Waals surface area contributed by atoms with Crippen molar-refractivity contribution in [2.45, 2.75) is 36.6 Å². The van der Waals surface area contributed by atoms with E-state index in [2.05, 4.69) is 0 Å². The van der Waals surface area contributed by atoms with Crippen LogP contribution in [-0.2, 0) is 14.8 Å². The predicted molar refractivity (Wildman–Crippen MR) is 77.1 cm³/mol. The van der Waals surface area contributed by atoms with Crippen LogP contribution >= 0.6 is 0 Å². The summed E-state index contributed by atoms with van der Waals surface area (Å²) in [7, 11) is -3.88. The number of alkyl halides is 2. The molecule has 0 aliphatic carbocycles. The third-order valence-corrected chi connectivity index (χ3v) is 5.60. The van der Waals surface area contributed by atoms with Crippen LogP contribution in [0.1, 0.15) is 19.8 Å². The first-order valence-electron chi connectivity index (χ1n) is 6.96. The number of carboxylic acids is 1. The van der Waals surface area contributed by atoms with E-state index < -0.39 is 47.4 Å². The van der Waals surface area contributed by atoms with Gasteiger partial charge in [0.1, 0.15) is 5.75 Å². The van der Waals surface area contributed by atoms with Crippen LogP contribution in [0.3, 0.4) is 0 Å². The maximum atomic E-state index is 13.3. The van der Waals surface area contributed by atoms with E-state index in [0.29, 0.717) is 0 Å². The van der Waals surface area contributed by atoms with E-state index in [-0.39, 0.29) is 17.2 Å². The van der Waals surface area contributed by atoms with Gasteiger partial charge in [-0.3, -0.25) is 0 Å². The fourth-order valence-corrected chi connectivity index (χ4v) is 4.11. The van der Waals surface area contributed by atoms with Crippen molar-refractivity contribution < 1.29 is 31.8 Å². The number of hydrogen-bond donors (Lipinski definition) is 1. The van der Waals surface area contributed by atoms with Crippen molar-refractivity contribution in [1.29, 1.82) is 0 Å². The highest BCUT2D eigenvalue weighted by molar-refractivity contribution is 7.89.